The number of rotatable bonds is 33. The molecule has 0 aliphatic carbocycles. The number of ether oxygens (including phenoxy) is 7. The third kappa shape index (κ3) is 49.1. The number of hydrogen-bond donors (Lipinski definition) is 0. The number of nitrogens with zero attached hydrogens (tertiary/aromatic N) is 4. The van der Waals surface area contributed by atoms with Crippen molar-refractivity contribution in [1.29, 1.82) is 0 Å². The molecule has 118 heavy (non-hydrogen) atoms. The number of hydrogen-bond acceptors (Lipinski definition) is 18. The Kier molecular flexibility index (Phi) is 61.0. The summed E-state index contributed by atoms with van der Waals surface area (Å²) in [5, 5.41) is 0. The lowest BCUT2D eigenvalue weighted by molar-refractivity contribution is -0.152. The monoisotopic (exact) mass is 1640 g/mol. The quantitative estimate of drug-likeness (QED) is 0.0322. The standard InChI is InChI=1S/C32H47NO6.C25H37NO4.C18H27NO2.C17H25NO2.4C2H6/c1-22(2)29(34)37-17-12-15-26-20-25(14-11-19-39-31(36)32(7,8)9)21-27(28(26)33(10)24(5)6)16-13-18-38-30(35)23(3)4;1-18(2)23(27)29-15-10-12-21-17-20(13-14-22(21)26(8)19(3)4)11-9-16-30-24(28)25(5,6)7;1-14(2)19(6)16-11-9-15(10-12-16)8-7-13-21-17(20)18(3,4)5;1-13(2)17(19)20-12-8-10-15-9-6-7-11-16(15)18(5)14(3)4;4*1-2/h11-16,20-24H,17-19H2,1-10H3;9-14,17-19H,15-16H2,1-8H3;7-12,14H,13H2,1-6H3;6-11,13-14H,12H2,1-5H3;4*1-2H3/b14-11+,15-12+,16-13+;11-9+,12-10+;8-7+;10-8+;;;;. The molecule has 0 radical (unpaired) electrons. The molecule has 0 spiro atoms. The van der Waals surface area contributed by atoms with Crippen LogP contribution in [0.15, 0.2) is 121 Å². The molecular formula is C100H160N4O14. The maximum Gasteiger partial charge on any atom is 0.311 e. The smallest absolute Gasteiger partial charge is 0.311 e. The maximum atomic E-state index is 12.1. The number of esters is 7. The minimum Gasteiger partial charge on any atom is -0.461 e. The normalized spacial score (nSPS) is 11.4. The predicted octanol–water partition coefficient (Wildman–Crippen LogP) is 23.9. The fourth-order valence-corrected chi connectivity index (χ4v) is 8.94. The first-order valence-corrected chi connectivity index (χ1v) is 42.5. The molecule has 0 N–H and O–H groups in total. The molecule has 18 heteroatoms. The minimum atomic E-state index is -0.565. The van der Waals surface area contributed by atoms with E-state index in [0.29, 0.717) is 31.3 Å². The van der Waals surface area contributed by atoms with Crippen LogP contribution in [-0.2, 0) is 66.7 Å². The third-order valence-electron chi connectivity index (χ3n) is 16.8. The van der Waals surface area contributed by atoms with Gasteiger partial charge in [-0.1, -0.05) is 190 Å². The largest absolute Gasteiger partial charge is 0.461 e. The van der Waals surface area contributed by atoms with Crippen LogP contribution in [-0.4, -0.2) is 140 Å². The van der Waals surface area contributed by atoms with Gasteiger partial charge in [-0.3, -0.25) is 33.6 Å². The van der Waals surface area contributed by atoms with E-state index in [2.05, 4.69) is 145 Å². The van der Waals surface area contributed by atoms with Crippen LogP contribution < -0.4 is 19.6 Å². The van der Waals surface area contributed by atoms with Gasteiger partial charge in [0.1, 0.15) is 46.2 Å². The highest BCUT2D eigenvalue weighted by molar-refractivity contribution is 5.82. The van der Waals surface area contributed by atoms with E-state index in [-0.39, 0.29) is 105 Å². The molecule has 0 saturated heterocycles. The number of benzene rings is 4. The van der Waals surface area contributed by atoms with E-state index in [0.717, 1.165) is 50.3 Å². The molecule has 0 aliphatic heterocycles. The molecule has 0 amide bonds. The SMILES string of the molecule is CC.CC.CC.CC.CC(C)C(=O)OC/C=C/c1cc(/C=C/COC(=O)C(C)(C)C)cc(/C=C/COC(=O)C(C)C)c1N(C)C(C)C.CC(C)C(=O)OC/C=C/c1cc(/C=C/COC(=O)C(C)(C)C)ccc1N(C)C(C)C.CC(C)C(=O)OC/C=C/c1ccccc1N(C)C(C)C.CC(C)N(C)c1ccc(/C=C/COC(=O)C(C)(C)C)cc1. The Hall–Kier alpha value is -9.45. The van der Waals surface area contributed by atoms with Crippen LogP contribution in [0.2, 0.25) is 0 Å². The number of para-hydroxylation sites is 1. The van der Waals surface area contributed by atoms with Crippen molar-refractivity contribution < 1.29 is 66.7 Å². The van der Waals surface area contributed by atoms with Crippen molar-refractivity contribution in [3.63, 3.8) is 0 Å². The van der Waals surface area contributed by atoms with Crippen LogP contribution in [0.5, 0.6) is 0 Å². The second kappa shape index (κ2) is 62.7. The molecule has 664 valence electrons. The van der Waals surface area contributed by atoms with Crippen LogP contribution in [0, 0.1) is 39.9 Å². The average Bonchev–Trinajstić information content (AvgIpc) is 0.802. The van der Waals surface area contributed by atoms with Crippen LogP contribution in [0.3, 0.4) is 0 Å². The first-order valence-electron chi connectivity index (χ1n) is 42.5. The summed E-state index contributed by atoms with van der Waals surface area (Å²) in [5.41, 5.74) is 9.95. The highest BCUT2D eigenvalue weighted by atomic mass is 16.6. The van der Waals surface area contributed by atoms with Crippen molar-refractivity contribution >= 4 is 107 Å². The lowest BCUT2D eigenvalue weighted by Crippen LogP contribution is -2.27. The van der Waals surface area contributed by atoms with Crippen molar-refractivity contribution in [2.75, 3.05) is 94.0 Å². The van der Waals surface area contributed by atoms with Crippen LogP contribution in [0.4, 0.5) is 22.7 Å². The van der Waals surface area contributed by atoms with Gasteiger partial charge >= 0.3 is 41.8 Å². The molecule has 0 saturated carbocycles. The summed E-state index contributed by atoms with van der Waals surface area (Å²) in [6.07, 6.45) is 26.5. The molecule has 0 fully saturated rings. The summed E-state index contributed by atoms with van der Waals surface area (Å²) in [4.78, 5) is 91.0. The fraction of sp³-hybridized carbons (Fsp3) is 0.550. The van der Waals surface area contributed by atoms with Gasteiger partial charge in [-0.2, -0.15) is 0 Å². The second-order valence-electron chi connectivity index (χ2n) is 32.3. The van der Waals surface area contributed by atoms with E-state index in [1.165, 1.54) is 11.4 Å². The predicted molar refractivity (Wildman–Crippen MR) is 503 cm³/mol. The van der Waals surface area contributed by atoms with Gasteiger partial charge in [-0.25, -0.2) is 0 Å². The molecule has 0 unspecified atom stereocenters. The van der Waals surface area contributed by atoms with Gasteiger partial charge < -0.3 is 52.8 Å². The zero-order chi connectivity index (χ0) is 91.8. The average molecular weight is 1640 g/mol. The highest BCUT2D eigenvalue weighted by Crippen LogP contribution is 2.32. The summed E-state index contributed by atoms with van der Waals surface area (Å²) in [7, 11) is 8.24. The molecule has 4 aromatic rings. The summed E-state index contributed by atoms with van der Waals surface area (Å²) in [6.45, 7) is 65.7. The van der Waals surface area contributed by atoms with Crippen LogP contribution in [0.25, 0.3) is 42.5 Å². The molecular weight excluding hydrogens is 1480 g/mol. The molecule has 0 aliphatic rings. The third-order valence-corrected chi connectivity index (χ3v) is 16.8. The van der Waals surface area contributed by atoms with Crippen LogP contribution in [0.1, 0.15) is 267 Å². The minimum absolute atomic E-state index is 0.0808. The van der Waals surface area contributed by atoms with E-state index < -0.39 is 16.2 Å². The van der Waals surface area contributed by atoms with Crippen molar-refractivity contribution in [2.45, 2.75) is 253 Å². The van der Waals surface area contributed by atoms with E-state index in [1.54, 1.807) is 33.8 Å². The Balaban J connectivity index is -0.000000735. The summed E-state index contributed by atoms with van der Waals surface area (Å²) in [5.74, 6) is -2.14. The van der Waals surface area contributed by atoms with Gasteiger partial charge in [-0.15, -0.1) is 0 Å². The zero-order valence-electron chi connectivity index (χ0n) is 80.2. The Labute approximate surface area is 717 Å². The number of anilines is 4. The highest BCUT2D eigenvalue weighted by Gasteiger charge is 2.25. The zero-order valence-corrected chi connectivity index (χ0v) is 80.2. The number of carbonyl (C=O) groups excluding carboxylic acids is 7. The molecule has 0 atom stereocenters. The van der Waals surface area contributed by atoms with E-state index in [1.807, 2.05) is 262 Å². The molecule has 0 heterocycles. The molecule has 0 bridgehead atoms. The Morgan fingerprint density at radius 1 is 0.288 bits per heavy atom. The van der Waals surface area contributed by atoms with Gasteiger partial charge in [0.25, 0.3) is 0 Å². The van der Waals surface area contributed by atoms with Crippen molar-refractivity contribution in [2.24, 2.45) is 39.9 Å². The van der Waals surface area contributed by atoms with Gasteiger partial charge in [0.05, 0.1) is 45.6 Å². The van der Waals surface area contributed by atoms with Crippen molar-refractivity contribution in [3.05, 3.63) is 160 Å². The van der Waals surface area contributed by atoms with Crippen molar-refractivity contribution in [1.82, 2.24) is 0 Å². The van der Waals surface area contributed by atoms with E-state index >= 15 is 0 Å². The lowest BCUT2D eigenvalue weighted by atomic mass is 9.97. The molecule has 4 aromatic carbocycles. The molecule has 18 nitrogen and oxygen atoms in total. The van der Waals surface area contributed by atoms with Gasteiger partial charge in [0.15, 0.2) is 0 Å². The Morgan fingerprint density at radius 2 is 0.542 bits per heavy atom. The topological polar surface area (TPSA) is 197 Å². The fourth-order valence-electron chi connectivity index (χ4n) is 8.94. The maximum absolute atomic E-state index is 12.1. The lowest BCUT2D eigenvalue weighted by Gasteiger charge is -2.28. The van der Waals surface area contributed by atoms with Crippen LogP contribution >= 0.6 is 0 Å². The van der Waals surface area contributed by atoms with Gasteiger partial charge in [-0.05, 0) is 242 Å². The Morgan fingerprint density at radius 3 is 0.856 bits per heavy atom. The molecule has 0 aromatic heterocycles. The van der Waals surface area contributed by atoms with Crippen molar-refractivity contribution in [3.8, 4) is 0 Å². The number of carbonyl (C=O) groups is 7. The van der Waals surface area contributed by atoms with Gasteiger partial charge in [0.2, 0.25) is 0 Å². The van der Waals surface area contributed by atoms with E-state index in [9.17, 15) is 33.6 Å². The molecule has 4 rings (SSSR count). The summed E-state index contributed by atoms with van der Waals surface area (Å²) >= 11 is 0. The summed E-state index contributed by atoms with van der Waals surface area (Å²) in [6, 6.07) is 28.2. The Bertz CT molecular complexity index is 3660. The first kappa shape index (κ1) is 115. The van der Waals surface area contributed by atoms with Gasteiger partial charge in [0, 0.05) is 69.4 Å². The summed E-state index contributed by atoms with van der Waals surface area (Å²) < 4.78 is 36.8. The first-order chi connectivity index (χ1) is 55.2. The second-order valence-corrected chi connectivity index (χ2v) is 32.3. The van der Waals surface area contributed by atoms with E-state index in [4.69, 9.17) is 33.2 Å².